The monoisotopic (exact) mass is 398 g/mol. The number of aromatic nitrogens is 2. The van der Waals surface area contributed by atoms with Crippen LogP contribution in [0.25, 0.3) is 11.0 Å². The Labute approximate surface area is 165 Å². The van der Waals surface area contributed by atoms with Gasteiger partial charge in [-0.2, -0.15) is 5.10 Å². The van der Waals surface area contributed by atoms with Gasteiger partial charge in [0.15, 0.2) is 16.7 Å². The van der Waals surface area contributed by atoms with Gasteiger partial charge in [0.1, 0.15) is 0 Å². The number of imidazole rings is 1. The molecule has 8 nitrogen and oxygen atoms in total. The van der Waals surface area contributed by atoms with Crippen LogP contribution in [0.15, 0.2) is 52.7 Å². The van der Waals surface area contributed by atoms with Crippen LogP contribution >= 0.6 is 11.8 Å². The maximum absolute atomic E-state index is 12.0. The first-order valence-corrected chi connectivity index (χ1v) is 9.29. The van der Waals surface area contributed by atoms with Crippen molar-refractivity contribution >= 4 is 40.9 Å². The lowest BCUT2D eigenvalue weighted by Gasteiger charge is -2.08. The zero-order chi connectivity index (χ0) is 19.9. The highest BCUT2D eigenvalue weighted by Gasteiger charge is 2.08. The van der Waals surface area contributed by atoms with Gasteiger partial charge in [-0.1, -0.05) is 23.9 Å². The Kier molecular flexibility index (Phi) is 6.28. The van der Waals surface area contributed by atoms with Crippen molar-refractivity contribution in [2.24, 2.45) is 5.10 Å². The lowest BCUT2D eigenvalue weighted by molar-refractivity contribution is -0.132. The van der Waals surface area contributed by atoms with Crippen LogP contribution in [0.2, 0.25) is 0 Å². The number of hydrazone groups is 1. The first-order valence-electron chi connectivity index (χ1n) is 8.31. The summed E-state index contributed by atoms with van der Waals surface area (Å²) in [6.45, 7) is 1.31. The first-order chi connectivity index (χ1) is 13.5. The average molecular weight is 398 g/mol. The van der Waals surface area contributed by atoms with E-state index < -0.39 is 5.97 Å². The molecule has 0 aliphatic rings. The Hall–Kier alpha value is -3.33. The van der Waals surface area contributed by atoms with Gasteiger partial charge >= 0.3 is 5.97 Å². The third-order valence-corrected chi connectivity index (χ3v) is 4.43. The maximum Gasteiger partial charge on any atom is 0.308 e. The van der Waals surface area contributed by atoms with E-state index in [4.69, 9.17) is 9.47 Å². The van der Waals surface area contributed by atoms with E-state index in [0.29, 0.717) is 22.2 Å². The zero-order valence-corrected chi connectivity index (χ0v) is 16.1. The fraction of sp³-hybridized carbons (Fsp3) is 0.158. The van der Waals surface area contributed by atoms with E-state index in [0.717, 1.165) is 11.0 Å². The van der Waals surface area contributed by atoms with Crippen LogP contribution in [-0.4, -0.2) is 40.9 Å². The second-order valence-electron chi connectivity index (χ2n) is 5.64. The number of thioether (sulfide) groups is 1. The molecule has 0 aliphatic carbocycles. The molecule has 3 aromatic rings. The second-order valence-corrected chi connectivity index (χ2v) is 6.61. The number of nitrogens with one attached hydrogen (secondary N) is 2. The predicted molar refractivity (Wildman–Crippen MR) is 107 cm³/mol. The number of benzene rings is 2. The Morgan fingerprint density at radius 2 is 2.07 bits per heavy atom. The van der Waals surface area contributed by atoms with Crippen LogP contribution in [-0.2, 0) is 9.59 Å². The Morgan fingerprint density at radius 1 is 1.25 bits per heavy atom. The number of methoxy groups -OCH3 is 1. The molecule has 0 fully saturated rings. The Balaban J connectivity index is 1.53. The topological polar surface area (TPSA) is 106 Å². The van der Waals surface area contributed by atoms with E-state index >= 15 is 0 Å². The van der Waals surface area contributed by atoms with Gasteiger partial charge in [-0.3, -0.25) is 9.59 Å². The van der Waals surface area contributed by atoms with E-state index in [2.05, 4.69) is 20.5 Å². The minimum absolute atomic E-state index is 0.172. The number of amides is 1. The molecule has 0 saturated carbocycles. The van der Waals surface area contributed by atoms with Gasteiger partial charge in [0.05, 0.1) is 30.1 Å². The van der Waals surface area contributed by atoms with Gasteiger partial charge < -0.3 is 14.5 Å². The van der Waals surface area contributed by atoms with Crippen molar-refractivity contribution in [3.63, 3.8) is 0 Å². The van der Waals surface area contributed by atoms with Crippen molar-refractivity contribution in [3.8, 4) is 11.5 Å². The summed E-state index contributed by atoms with van der Waals surface area (Å²) in [5.74, 6) is 0.190. The molecule has 1 aromatic heterocycles. The number of fused-ring (bicyclic) bond motifs is 1. The summed E-state index contributed by atoms with van der Waals surface area (Å²) < 4.78 is 10.2. The van der Waals surface area contributed by atoms with Crippen molar-refractivity contribution in [3.05, 3.63) is 48.0 Å². The summed E-state index contributed by atoms with van der Waals surface area (Å²) in [4.78, 5) is 30.6. The SMILES string of the molecule is COc1cc(/C=N/NC(=O)CSc2nc3ccccc3[nH]2)ccc1OC(C)=O. The molecule has 2 N–H and O–H groups in total. The lowest BCUT2D eigenvalue weighted by Crippen LogP contribution is -2.19. The summed E-state index contributed by atoms with van der Waals surface area (Å²) in [5.41, 5.74) is 4.92. The average Bonchev–Trinajstić information content (AvgIpc) is 3.10. The Bertz CT molecular complexity index is 999. The van der Waals surface area contributed by atoms with E-state index in [1.807, 2.05) is 24.3 Å². The van der Waals surface area contributed by atoms with E-state index in [-0.39, 0.29) is 11.7 Å². The van der Waals surface area contributed by atoms with Crippen LogP contribution in [0.5, 0.6) is 11.5 Å². The number of H-pyrrole nitrogens is 1. The minimum Gasteiger partial charge on any atom is -0.493 e. The van der Waals surface area contributed by atoms with Crippen molar-refractivity contribution in [2.75, 3.05) is 12.9 Å². The van der Waals surface area contributed by atoms with Gasteiger partial charge in [-0.25, -0.2) is 10.4 Å². The molecule has 3 rings (SSSR count). The zero-order valence-electron chi connectivity index (χ0n) is 15.3. The van der Waals surface area contributed by atoms with E-state index in [9.17, 15) is 9.59 Å². The third-order valence-electron chi connectivity index (χ3n) is 3.55. The van der Waals surface area contributed by atoms with Crippen LogP contribution in [0.1, 0.15) is 12.5 Å². The van der Waals surface area contributed by atoms with Gasteiger partial charge in [0.25, 0.3) is 5.91 Å². The molecule has 0 unspecified atom stereocenters. The van der Waals surface area contributed by atoms with Crippen LogP contribution in [0, 0.1) is 0 Å². The number of aromatic amines is 1. The molecule has 0 spiro atoms. The fourth-order valence-corrected chi connectivity index (χ4v) is 3.02. The van der Waals surface area contributed by atoms with Gasteiger partial charge in [-0.05, 0) is 35.9 Å². The maximum atomic E-state index is 12.0. The number of ether oxygens (including phenoxy) is 2. The molecule has 28 heavy (non-hydrogen) atoms. The number of carbonyl (C=O) groups excluding carboxylic acids is 2. The van der Waals surface area contributed by atoms with Gasteiger partial charge in [0.2, 0.25) is 0 Å². The van der Waals surface area contributed by atoms with Gasteiger partial charge in [-0.15, -0.1) is 0 Å². The molecule has 0 radical (unpaired) electrons. The molecule has 1 heterocycles. The van der Waals surface area contributed by atoms with Crippen molar-refractivity contribution in [2.45, 2.75) is 12.1 Å². The number of hydrogen-bond acceptors (Lipinski definition) is 7. The van der Waals surface area contributed by atoms with Crippen molar-refractivity contribution < 1.29 is 19.1 Å². The Morgan fingerprint density at radius 3 is 2.82 bits per heavy atom. The molecule has 9 heteroatoms. The highest BCUT2D eigenvalue weighted by Crippen LogP contribution is 2.27. The summed E-state index contributed by atoms with van der Waals surface area (Å²) in [5, 5.41) is 4.60. The number of carbonyl (C=O) groups is 2. The quantitative estimate of drug-likeness (QED) is 0.208. The number of esters is 1. The minimum atomic E-state index is -0.436. The molecule has 1 amide bonds. The molecule has 0 atom stereocenters. The molecule has 0 saturated heterocycles. The van der Waals surface area contributed by atoms with Gasteiger partial charge in [0, 0.05) is 6.92 Å². The largest absolute Gasteiger partial charge is 0.493 e. The van der Waals surface area contributed by atoms with E-state index in [1.165, 1.54) is 32.0 Å². The molecule has 144 valence electrons. The van der Waals surface area contributed by atoms with Crippen molar-refractivity contribution in [1.82, 2.24) is 15.4 Å². The smallest absolute Gasteiger partial charge is 0.308 e. The third kappa shape index (κ3) is 5.10. The molecule has 2 aromatic carbocycles. The molecular weight excluding hydrogens is 380 g/mol. The summed E-state index contributed by atoms with van der Waals surface area (Å²) in [7, 11) is 1.47. The number of para-hydroxylation sites is 2. The van der Waals surface area contributed by atoms with Crippen molar-refractivity contribution in [1.29, 1.82) is 0 Å². The fourth-order valence-electron chi connectivity index (χ4n) is 2.35. The molecule has 0 aliphatic heterocycles. The molecule has 0 bridgehead atoms. The second kappa shape index (κ2) is 9.05. The number of nitrogens with zero attached hydrogens (tertiary/aromatic N) is 2. The first kappa shape index (κ1) is 19.4. The highest BCUT2D eigenvalue weighted by molar-refractivity contribution is 7.99. The van der Waals surface area contributed by atoms with Crippen LogP contribution in [0.3, 0.4) is 0 Å². The highest BCUT2D eigenvalue weighted by atomic mass is 32.2. The van der Waals surface area contributed by atoms with Crippen LogP contribution < -0.4 is 14.9 Å². The normalized spacial score (nSPS) is 10.9. The lowest BCUT2D eigenvalue weighted by atomic mass is 10.2. The summed E-state index contributed by atoms with van der Waals surface area (Å²) >= 11 is 1.29. The molecular formula is C19H18N4O4S. The van der Waals surface area contributed by atoms with Crippen LogP contribution in [0.4, 0.5) is 0 Å². The van der Waals surface area contributed by atoms with E-state index in [1.54, 1.807) is 18.2 Å². The number of rotatable bonds is 7. The summed E-state index contributed by atoms with van der Waals surface area (Å²) in [6.07, 6.45) is 1.48. The predicted octanol–water partition coefficient (Wildman–Crippen LogP) is 2.74. The number of hydrogen-bond donors (Lipinski definition) is 2. The standard InChI is InChI=1S/C19H18N4O4S/c1-12(24)27-16-8-7-13(9-17(16)26-2)10-20-23-18(25)11-28-19-21-14-5-3-4-6-15(14)22-19/h3-10H,11H2,1-2H3,(H,21,22)(H,23,25)/b20-10+. The summed E-state index contributed by atoms with van der Waals surface area (Å²) in [6, 6.07) is 12.6.